The second kappa shape index (κ2) is 24.0. The van der Waals surface area contributed by atoms with Gasteiger partial charge in [-0.05, 0) is 120 Å². The molecule has 2 saturated carbocycles. The smallest absolute Gasteiger partial charge is 0.0825 e. The van der Waals surface area contributed by atoms with Crippen molar-refractivity contribution >= 4 is 95.0 Å². The third-order valence-electron chi connectivity index (χ3n) is 11.1. The van der Waals surface area contributed by atoms with Crippen molar-refractivity contribution in [3.63, 3.8) is 0 Å². The molecule has 13 heteroatoms. The molecule has 2 aliphatic carbocycles. The Balaban J connectivity index is 0.000000209. The van der Waals surface area contributed by atoms with Crippen molar-refractivity contribution in [2.45, 2.75) is 76.3 Å². The summed E-state index contributed by atoms with van der Waals surface area (Å²) in [7, 11) is 2.09. The minimum absolute atomic E-state index is 0.456. The summed E-state index contributed by atoms with van der Waals surface area (Å²) >= 11 is 30.3. The van der Waals surface area contributed by atoms with E-state index in [1.165, 1.54) is 77.3 Å². The number of hydrogen-bond acceptors (Lipinski definition) is 6. The van der Waals surface area contributed by atoms with Gasteiger partial charge in [-0.25, -0.2) is 0 Å². The molecular formula is C37H56Cl4I3N6-. The monoisotopic (exact) mass is 1110 g/mol. The first-order valence-corrected chi connectivity index (χ1v) is 32.4. The molecule has 50 heavy (non-hydrogen) atoms. The van der Waals surface area contributed by atoms with Gasteiger partial charge in [-0.1, -0.05) is 58.5 Å². The molecule has 2 heterocycles. The van der Waals surface area contributed by atoms with E-state index in [4.69, 9.17) is 52.1 Å². The summed E-state index contributed by atoms with van der Waals surface area (Å²) in [4.78, 5) is 9.91. The van der Waals surface area contributed by atoms with Crippen LogP contribution in [0.1, 0.15) is 64.2 Å². The van der Waals surface area contributed by atoms with E-state index in [9.17, 15) is 0 Å². The van der Waals surface area contributed by atoms with Gasteiger partial charge in [0.15, 0.2) is 0 Å². The number of rotatable bonds is 9. The van der Waals surface area contributed by atoms with Crippen LogP contribution in [0.15, 0.2) is 36.4 Å². The first-order valence-electron chi connectivity index (χ1n) is 18.3. The summed E-state index contributed by atoms with van der Waals surface area (Å²) in [5.41, 5.74) is 8.14. The molecule has 0 unspecified atom stereocenters. The summed E-state index contributed by atoms with van der Waals surface area (Å²) in [6, 6.07) is 13.0. The van der Waals surface area contributed by atoms with Crippen molar-refractivity contribution < 1.29 is 13.3 Å². The normalized spacial score (nSPS) is 25.0. The van der Waals surface area contributed by atoms with Gasteiger partial charge in [-0.3, -0.25) is 9.80 Å². The molecular weight excluding hydrogens is 1050 g/mol. The third kappa shape index (κ3) is 14.4. The number of piperazine rings is 2. The molecule has 4 aliphatic rings. The maximum Gasteiger partial charge on any atom is 0.0825 e. The zero-order valence-corrected chi connectivity index (χ0v) is 38.9. The number of nitrogens with zero attached hydrogens (tertiary/aromatic N) is 4. The van der Waals surface area contributed by atoms with Crippen LogP contribution in [0.3, 0.4) is 0 Å². The van der Waals surface area contributed by atoms with Crippen molar-refractivity contribution in [3.8, 4) is 0 Å². The summed E-state index contributed by atoms with van der Waals surface area (Å²) in [6.07, 6.45) is 13.2. The van der Waals surface area contributed by atoms with E-state index >= 15 is 0 Å². The molecule has 3 N–H and O–H groups in total. The number of halogens is 7. The molecule has 6 rings (SSSR count). The number of hydrogen-bond donors (Lipinski definition) is 2. The second-order valence-corrected chi connectivity index (χ2v) is 32.0. The predicted octanol–water partition coefficient (Wildman–Crippen LogP) is 7.08. The van der Waals surface area contributed by atoms with Crippen LogP contribution >= 0.6 is 83.6 Å². The number of nitrogens with two attached hydrogens (primary N) is 1. The predicted molar refractivity (Wildman–Crippen MR) is 232 cm³/mol. The molecule has 0 spiro atoms. The van der Waals surface area contributed by atoms with Gasteiger partial charge in [-0.15, -0.1) is 0 Å². The Bertz CT molecular complexity index is 1250. The topological polar surface area (TPSA) is 51.0 Å². The number of benzene rings is 2. The molecule has 2 aliphatic heterocycles. The summed E-state index contributed by atoms with van der Waals surface area (Å²) in [6.45, 7) is 11.0. The molecule has 284 valence electrons. The van der Waals surface area contributed by atoms with E-state index in [1.54, 1.807) is 0 Å². The van der Waals surface area contributed by atoms with Crippen LogP contribution in [0.4, 0.5) is 11.4 Å². The molecule has 0 amide bonds. The third-order valence-corrected chi connectivity index (χ3v) is 12.8. The molecule has 2 aromatic carbocycles. The van der Waals surface area contributed by atoms with Gasteiger partial charge >= 0.3 is 50.5 Å². The zero-order chi connectivity index (χ0) is 35.9. The van der Waals surface area contributed by atoms with E-state index < -0.39 is 0 Å². The molecule has 6 nitrogen and oxygen atoms in total. The summed E-state index contributed by atoms with van der Waals surface area (Å²) < 4.78 is 0. The quantitative estimate of drug-likeness (QED) is 0.262. The van der Waals surface area contributed by atoms with E-state index in [0.29, 0.717) is 39.4 Å². The van der Waals surface area contributed by atoms with Crippen LogP contribution in [-0.4, -0.2) is 94.4 Å². The van der Waals surface area contributed by atoms with Crippen LogP contribution in [-0.2, 0) is 0 Å². The van der Waals surface area contributed by atoms with Crippen LogP contribution in [0.2, 0.25) is 20.1 Å². The Morgan fingerprint density at radius 3 is 1.40 bits per heavy atom. The van der Waals surface area contributed by atoms with Gasteiger partial charge in [0.05, 0.1) is 31.5 Å². The van der Waals surface area contributed by atoms with E-state index in [0.717, 1.165) is 81.6 Å². The first-order chi connectivity index (χ1) is 24.2. The van der Waals surface area contributed by atoms with Gasteiger partial charge in [0, 0.05) is 64.4 Å². The average Bonchev–Trinajstić information content (AvgIpc) is 3.14. The van der Waals surface area contributed by atoms with E-state index in [-0.39, 0.29) is 0 Å². The fraction of sp³-hybridized carbons (Fsp3) is 0.676. The molecule has 0 bridgehead atoms. The van der Waals surface area contributed by atoms with Gasteiger partial charge < -0.3 is 20.9 Å². The first kappa shape index (κ1) is 44.0. The van der Waals surface area contributed by atoms with Crippen LogP contribution in [0.5, 0.6) is 0 Å². The minimum Gasteiger partial charge on any atom is -0.368 e. The molecule has 0 atom stereocenters. The Kier molecular flexibility index (Phi) is 21.1. The minimum atomic E-state index is 0.456. The molecule has 0 radical (unpaired) electrons. The van der Waals surface area contributed by atoms with E-state index in [2.05, 4.69) is 81.3 Å². The van der Waals surface area contributed by atoms with Crippen molar-refractivity contribution in [2.24, 2.45) is 17.6 Å². The Morgan fingerprint density at radius 1 is 0.640 bits per heavy atom. The standard InChI is InChI=1S/C19H29Cl2N3.C18H27Cl2N3.I3/c1-22-16-7-5-15(6-8-16)9-10-23-11-13-24(14-12-23)18-4-2-3-17(20)19(18)21;19-16-2-1-3-17(18(16)20)23-12-10-22(11-13-23)9-8-14-4-6-15(21)7-5-14;1-3-2/h2-4,15-16,22H,5-14H2,1H3;1-3,14-15H,4-13,21H2;/q;;-1. The molecule has 0 aromatic heterocycles. The summed E-state index contributed by atoms with van der Waals surface area (Å²) in [5, 5.41) is 6.08. The number of anilines is 2. The largest absolute Gasteiger partial charge is 0.368 e. The summed E-state index contributed by atoms with van der Waals surface area (Å²) in [5.74, 6) is 1.81. The average molecular weight is 1110 g/mol. The Labute approximate surface area is 352 Å². The van der Waals surface area contributed by atoms with Crippen molar-refractivity contribution in [3.05, 3.63) is 56.5 Å². The second-order valence-electron chi connectivity index (χ2n) is 14.2. The Morgan fingerprint density at radius 2 is 1.02 bits per heavy atom. The van der Waals surface area contributed by atoms with Gasteiger partial charge in [-0.2, -0.15) is 0 Å². The zero-order valence-electron chi connectivity index (χ0n) is 29.4. The fourth-order valence-electron chi connectivity index (χ4n) is 7.85. The van der Waals surface area contributed by atoms with Crippen LogP contribution in [0.25, 0.3) is 0 Å². The van der Waals surface area contributed by atoms with Crippen molar-refractivity contribution in [2.75, 3.05) is 82.3 Å². The van der Waals surface area contributed by atoms with Crippen LogP contribution in [0, 0.1) is 11.8 Å². The van der Waals surface area contributed by atoms with E-state index in [1.807, 2.05) is 24.3 Å². The number of nitrogens with one attached hydrogen (secondary N) is 1. The van der Waals surface area contributed by atoms with Gasteiger partial charge in [0.2, 0.25) is 0 Å². The maximum atomic E-state index is 6.36. The van der Waals surface area contributed by atoms with Crippen molar-refractivity contribution in [1.82, 2.24) is 15.1 Å². The SMILES string of the molecule is CNC1CCC(CCN2CCN(c3cccc(Cl)c3Cl)CC2)CC1.I[I-]I.NC1CCC(CCN2CCN(c3cccc(Cl)c3Cl)CC2)CC1. The molecule has 2 saturated heterocycles. The maximum absolute atomic E-state index is 6.36. The molecule has 4 fully saturated rings. The van der Waals surface area contributed by atoms with Crippen molar-refractivity contribution in [1.29, 1.82) is 0 Å². The Hall–Kier alpha value is 1.23. The van der Waals surface area contributed by atoms with Crippen LogP contribution < -0.4 is 34.1 Å². The fourth-order valence-corrected chi connectivity index (χ4v) is 8.68. The molecule has 2 aromatic rings. The van der Waals surface area contributed by atoms with Gasteiger partial charge in [0.1, 0.15) is 0 Å². The van der Waals surface area contributed by atoms with Gasteiger partial charge in [0.25, 0.3) is 0 Å².